The largest absolute Gasteiger partial charge is 0.489 e. The van der Waals surface area contributed by atoms with Gasteiger partial charge in [-0.1, -0.05) is 78.9 Å². The standard InChI is InChI=1S/C31H24N2O4/c32-19-27-30(23-11-13-24(14-12-23)35-20-22-9-5-2-6-10-22)26-16-15-25(18-28(26)37-31(27)33)36-29(34)17-21-7-3-1-4-8-21/h1-16,18,30H,17,20,33H2. The predicted octanol–water partition coefficient (Wildman–Crippen LogP) is 5.63. The van der Waals surface area contributed by atoms with Crippen molar-refractivity contribution in [1.82, 2.24) is 0 Å². The van der Waals surface area contributed by atoms with Crippen LogP contribution >= 0.6 is 0 Å². The van der Waals surface area contributed by atoms with Crippen molar-refractivity contribution in [3.8, 4) is 23.3 Å². The second-order valence-electron chi connectivity index (χ2n) is 8.60. The molecule has 0 aromatic heterocycles. The minimum Gasteiger partial charge on any atom is -0.489 e. The normalized spacial score (nSPS) is 14.2. The van der Waals surface area contributed by atoms with Crippen molar-refractivity contribution in [3.05, 3.63) is 137 Å². The number of hydrogen-bond donors (Lipinski definition) is 1. The Morgan fingerprint density at radius 1 is 0.865 bits per heavy atom. The van der Waals surface area contributed by atoms with Crippen molar-refractivity contribution >= 4 is 5.97 Å². The third-order valence-electron chi connectivity index (χ3n) is 6.08. The van der Waals surface area contributed by atoms with Crippen molar-refractivity contribution in [2.45, 2.75) is 18.9 Å². The van der Waals surface area contributed by atoms with Crippen LogP contribution in [0.1, 0.15) is 28.2 Å². The van der Waals surface area contributed by atoms with Gasteiger partial charge in [0.25, 0.3) is 0 Å². The molecule has 2 N–H and O–H groups in total. The van der Waals surface area contributed by atoms with Crippen LogP contribution < -0.4 is 19.9 Å². The van der Waals surface area contributed by atoms with Crippen LogP contribution in [0.25, 0.3) is 0 Å². The zero-order chi connectivity index (χ0) is 25.6. The lowest BCUT2D eigenvalue weighted by atomic mass is 9.83. The highest BCUT2D eigenvalue weighted by atomic mass is 16.5. The second kappa shape index (κ2) is 10.7. The average Bonchev–Trinajstić information content (AvgIpc) is 2.92. The first kappa shape index (κ1) is 23.7. The molecule has 0 fully saturated rings. The molecule has 0 saturated carbocycles. The number of allylic oxidation sites excluding steroid dienone is 1. The second-order valence-corrected chi connectivity index (χ2v) is 8.60. The monoisotopic (exact) mass is 488 g/mol. The van der Waals surface area contributed by atoms with E-state index in [1.165, 1.54) is 0 Å². The number of nitriles is 1. The molecule has 1 aliphatic rings. The summed E-state index contributed by atoms with van der Waals surface area (Å²) in [7, 11) is 0. The topological polar surface area (TPSA) is 94.6 Å². The van der Waals surface area contributed by atoms with Gasteiger partial charge in [0, 0.05) is 11.6 Å². The summed E-state index contributed by atoms with van der Waals surface area (Å²) in [5.74, 6) is 0.720. The molecule has 6 heteroatoms. The maximum Gasteiger partial charge on any atom is 0.315 e. The van der Waals surface area contributed by atoms with Crippen molar-refractivity contribution in [3.63, 3.8) is 0 Å². The Kier molecular flexibility index (Phi) is 6.87. The van der Waals surface area contributed by atoms with E-state index >= 15 is 0 Å². The number of ether oxygens (including phenoxy) is 3. The lowest BCUT2D eigenvalue weighted by molar-refractivity contribution is -0.133. The molecule has 1 heterocycles. The quantitative estimate of drug-likeness (QED) is 0.268. The Balaban J connectivity index is 1.35. The van der Waals surface area contributed by atoms with E-state index < -0.39 is 5.92 Å². The molecule has 1 atom stereocenters. The van der Waals surface area contributed by atoms with Gasteiger partial charge in [0.1, 0.15) is 35.5 Å². The van der Waals surface area contributed by atoms with E-state index in [2.05, 4.69) is 6.07 Å². The fraction of sp³-hybridized carbons (Fsp3) is 0.0968. The number of rotatable bonds is 7. The van der Waals surface area contributed by atoms with Gasteiger partial charge in [0.15, 0.2) is 0 Å². The summed E-state index contributed by atoms with van der Waals surface area (Å²) in [6.45, 7) is 0.461. The number of nitrogens with zero attached hydrogens (tertiary/aromatic N) is 1. The first-order valence-corrected chi connectivity index (χ1v) is 11.8. The van der Waals surface area contributed by atoms with Gasteiger partial charge >= 0.3 is 5.97 Å². The highest BCUT2D eigenvalue weighted by Crippen LogP contribution is 2.43. The summed E-state index contributed by atoms with van der Waals surface area (Å²) in [6.07, 6.45) is 0.153. The third kappa shape index (κ3) is 5.47. The molecular formula is C31H24N2O4. The van der Waals surface area contributed by atoms with E-state index in [-0.39, 0.29) is 18.3 Å². The van der Waals surface area contributed by atoms with Crippen LogP contribution in [0.15, 0.2) is 115 Å². The molecule has 0 radical (unpaired) electrons. The molecule has 182 valence electrons. The Labute approximate surface area is 215 Å². The van der Waals surface area contributed by atoms with Crippen LogP contribution in [0.5, 0.6) is 17.2 Å². The Morgan fingerprint density at radius 2 is 1.51 bits per heavy atom. The minimum absolute atomic E-state index is 0.0252. The fourth-order valence-electron chi connectivity index (χ4n) is 4.27. The highest BCUT2D eigenvalue weighted by molar-refractivity contribution is 5.75. The number of nitrogens with two attached hydrogens (primary N) is 1. The molecule has 1 aliphatic heterocycles. The molecule has 0 saturated heterocycles. The van der Waals surface area contributed by atoms with Gasteiger partial charge in [-0.25, -0.2) is 0 Å². The molecular weight excluding hydrogens is 464 g/mol. The highest BCUT2D eigenvalue weighted by Gasteiger charge is 2.31. The summed E-state index contributed by atoms with van der Waals surface area (Å²) < 4.78 is 17.2. The molecule has 5 rings (SSSR count). The molecule has 0 amide bonds. The van der Waals surface area contributed by atoms with E-state index in [0.717, 1.165) is 28.0 Å². The molecule has 37 heavy (non-hydrogen) atoms. The number of fused-ring (bicyclic) bond motifs is 1. The lowest BCUT2D eigenvalue weighted by Gasteiger charge is -2.26. The van der Waals surface area contributed by atoms with Crippen LogP contribution in [-0.4, -0.2) is 5.97 Å². The molecule has 0 aliphatic carbocycles. The van der Waals surface area contributed by atoms with Crippen molar-refractivity contribution in [2.75, 3.05) is 0 Å². The van der Waals surface area contributed by atoms with Crippen LogP contribution in [0.2, 0.25) is 0 Å². The van der Waals surface area contributed by atoms with Crippen LogP contribution in [0, 0.1) is 11.3 Å². The minimum atomic E-state index is -0.425. The first-order valence-electron chi connectivity index (χ1n) is 11.8. The number of benzene rings is 4. The zero-order valence-corrected chi connectivity index (χ0v) is 20.0. The summed E-state index contributed by atoms with van der Waals surface area (Å²) in [5.41, 5.74) is 10.0. The number of carbonyl (C=O) groups is 1. The zero-order valence-electron chi connectivity index (χ0n) is 20.0. The van der Waals surface area contributed by atoms with Gasteiger partial charge < -0.3 is 19.9 Å². The van der Waals surface area contributed by atoms with Gasteiger partial charge in [-0.2, -0.15) is 5.26 Å². The van der Waals surface area contributed by atoms with E-state index in [1.807, 2.05) is 84.9 Å². The summed E-state index contributed by atoms with van der Waals surface area (Å²) >= 11 is 0. The van der Waals surface area contributed by atoms with Crippen molar-refractivity contribution < 1.29 is 19.0 Å². The lowest BCUT2D eigenvalue weighted by Crippen LogP contribution is -2.21. The molecule has 6 nitrogen and oxygen atoms in total. The van der Waals surface area contributed by atoms with Gasteiger partial charge in [-0.3, -0.25) is 4.79 Å². The summed E-state index contributed by atoms with van der Waals surface area (Å²) in [4.78, 5) is 12.4. The van der Waals surface area contributed by atoms with Gasteiger partial charge in [-0.15, -0.1) is 0 Å². The fourth-order valence-corrected chi connectivity index (χ4v) is 4.27. The number of hydrogen-bond acceptors (Lipinski definition) is 6. The number of esters is 1. The summed E-state index contributed by atoms with van der Waals surface area (Å²) in [6, 6.07) is 34.2. The van der Waals surface area contributed by atoms with Gasteiger partial charge in [0.05, 0.1) is 12.3 Å². The van der Waals surface area contributed by atoms with E-state index in [0.29, 0.717) is 23.7 Å². The Bertz CT molecular complexity index is 1470. The van der Waals surface area contributed by atoms with E-state index in [1.54, 1.807) is 18.2 Å². The molecule has 4 aromatic rings. The predicted molar refractivity (Wildman–Crippen MR) is 139 cm³/mol. The molecule has 0 spiro atoms. The number of carbonyl (C=O) groups excluding carboxylic acids is 1. The Hall–Kier alpha value is -5.02. The molecule has 1 unspecified atom stereocenters. The molecule has 4 aromatic carbocycles. The SMILES string of the molecule is N#CC1=C(N)Oc2cc(OC(=O)Cc3ccccc3)ccc2C1c1ccc(OCc2ccccc2)cc1. The first-order chi connectivity index (χ1) is 18.1. The summed E-state index contributed by atoms with van der Waals surface area (Å²) in [5, 5.41) is 9.84. The average molecular weight is 489 g/mol. The van der Waals surface area contributed by atoms with Gasteiger partial charge in [-0.05, 0) is 34.9 Å². The Morgan fingerprint density at radius 3 is 2.19 bits per heavy atom. The van der Waals surface area contributed by atoms with Gasteiger partial charge in [0.2, 0.25) is 5.88 Å². The van der Waals surface area contributed by atoms with Crippen LogP contribution in [0.4, 0.5) is 0 Å². The van der Waals surface area contributed by atoms with Crippen LogP contribution in [-0.2, 0) is 17.8 Å². The smallest absolute Gasteiger partial charge is 0.315 e. The maximum atomic E-state index is 12.4. The van der Waals surface area contributed by atoms with Crippen molar-refractivity contribution in [2.24, 2.45) is 5.73 Å². The molecule has 0 bridgehead atoms. The van der Waals surface area contributed by atoms with E-state index in [4.69, 9.17) is 19.9 Å². The maximum absolute atomic E-state index is 12.4. The van der Waals surface area contributed by atoms with Crippen molar-refractivity contribution in [1.29, 1.82) is 5.26 Å². The third-order valence-corrected chi connectivity index (χ3v) is 6.08. The van der Waals surface area contributed by atoms with Crippen LogP contribution in [0.3, 0.4) is 0 Å². The van der Waals surface area contributed by atoms with E-state index in [9.17, 15) is 10.1 Å².